The van der Waals surface area contributed by atoms with Crippen molar-refractivity contribution >= 4 is 35.8 Å². The zero-order valence-corrected chi connectivity index (χ0v) is 16.8. The maximum atomic E-state index is 12.0. The maximum absolute atomic E-state index is 12.0. The number of halogens is 1. The molecule has 2 rings (SSSR count). The van der Waals surface area contributed by atoms with Crippen molar-refractivity contribution in [3.8, 4) is 0 Å². The third kappa shape index (κ3) is 7.19. The molecule has 1 saturated carbocycles. The number of benzene rings is 1. The van der Waals surface area contributed by atoms with Crippen molar-refractivity contribution in [1.29, 1.82) is 0 Å². The van der Waals surface area contributed by atoms with E-state index in [1.54, 1.807) is 0 Å². The van der Waals surface area contributed by atoms with Gasteiger partial charge in [-0.15, -0.1) is 12.4 Å². The van der Waals surface area contributed by atoms with Gasteiger partial charge in [0.2, 0.25) is 17.7 Å². The lowest BCUT2D eigenvalue weighted by molar-refractivity contribution is -0.127. The molecule has 27 heavy (non-hydrogen) atoms. The predicted molar refractivity (Wildman–Crippen MR) is 107 cm³/mol. The summed E-state index contributed by atoms with van der Waals surface area (Å²) >= 11 is 0. The molecule has 1 aliphatic carbocycles. The van der Waals surface area contributed by atoms with Crippen LogP contribution in [-0.2, 0) is 14.4 Å². The van der Waals surface area contributed by atoms with Gasteiger partial charge in [-0.05, 0) is 43.4 Å². The molecule has 5 N–H and O–H groups in total. The summed E-state index contributed by atoms with van der Waals surface area (Å²) in [5, 5.41) is 8.25. The fourth-order valence-corrected chi connectivity index (χ4v) is 2.41. The number of amides is 3. The number of hydrogen-bond acceptors (Lipinski definition) is 4. The zero-order valence-electron chi connectivity index (χ0n) is 16.0. The highest BCUT2D eigenvalue weighted by Crippen LogP contribution is 2.30. The molecule has 0 heterocycles. The van der Waals surface area contributed by atoms with E-state index in [1.807, 2.05) is 45.0 Å². The molecular weight excluding hydrogens is 368 g/mol. The van der Waals surface area contributed by atoms with E-state index < -0.39 is 6.04 Å². The Morgan fingerprint density at radius 2 is 1.70 bits per heavy atom. The number of carbonyl (C=O) groups excluding carboxylic acids is 3. The van der Waals surface area contributed by atoms with E-state index in [2.05, 4.69) is 16.0 Å². The van der Waals surface area contributed by atoms with Crippen LogP contribution in [0, 0.1) is 11.8 Å². The van der Waals surface area contributed by atoms with Crippen LogP contribution in [0.5, 0.6) is 0 Å². The molecule has 8 heteroatoms. The van der Waals surface area contributed by atoms with Gasteiger partial charge in [0.15, 0.2) is 0 Å². The minimum atomic E-state index is -0.626. The molecule has 1 aromatic carbocycles. The first-order chi connectivity index (χ1) is 12.3. The Bertz CT molecular complexity index is 659. The highest BCUT2D eigenvalue weighted by Gasteiger charge is 2.29. The first kappa shape index (κ1) is 22.9. The van der Waals surface area contributed by atoms with Crippen LogP contribution in [0.4, 0.5) is 5.69 Å². The van der Waals surface area contributed by atoms with Gasteiger partial charge in [0, 0.05) is 11.6 Å². The highest BCUT2D eigenvalue weighted by atomic mass is 35.5. The van der Waals surface area contributed by atoms with Crippen molar-refractivity contribution in [2.45, 2.75) is 45.7 Å². The monoisotopic (exact) mass is 396 g/mol. The quantitative estimate of drug-likeness (QED) is 0.535. The van der Waals surface area contributed by atoms with E-state index in [9.17, 15) is 14.4 Å². The Balaban J connectivity index is 0.00000364. The lowest BCUT2D eigenvalue weighted by atomic mass is 10.1. The molecule has 0 radical (unpaired) electrons. The van der Waals surface area contributed by atoms with E-state index in [-0.39, 0.29) is 54.6 Å². The number of nitrogens with one attached hydrogen (secondary N) is 3. The first-order valence-corrected chi connectivity index (χ1v) is 9.01. The number of rotatable bonds is 8. The minimum absolute atomic E-state index is 0. The number of nitrogens with two attached hydrogens (primary N) is 1. The molecule has 0 bridgehead atoms. The summed E-state index contributed by atoms with van der Waals surface area (Å²) in [6, 6.07) is 6.52. The van der Waals surface area contributed by atoms with Crippen LogP contribution >= 0.6 is 12.4 Å². The van der Waals surface area contributed by atoms with Crippen LogP contribution in [0.25, 0.3) is 0 Å². The summed E-state index contributed by atoms with van der Waals surface area (Å²) < 4.78 is 0. The van der Waals surface area contributed by atoms with Gasteiger partial charge < -0.3 is 21.7 Å². The van der Waals surface area contributed by atoms with Crippen molar-refractivity contribution in [2.24, 2.45) is 17.6 Å². The molecule has 2 atom stereocenters. The third-order valence-electron chi connectivity index (χ3n) is 4.45. The van der Waals surface area contributed by atoms with Gasteiger partial charge in [-0.2, -0.15) is 0 Å². The van der Waals surface area contributed by atoms with E-state index in [0.29, 0.717) is 0 Å². The first-order valence-electron chi connectivity index (χ1n) is 9.01. The van der Waals surface area contributed by atoms with Gasteiger partial charge in [0.1, 0.15) is 0 Å². The molecule has 3 amide bonds. The fourth-order valence-electron chi connectivity index (χ4n) is 2.41. The number of anilines is 1. The van der Waals surface area contributed by atoms with Gasteiger partial charge in [-0.1, -0.05) is 26.0 Å². The van der Waals surface area contributed by atoms with E-state index in [1.165, 1.54) is 0 Å². The maximum Gasteiger partial charge on any atom is 0.239 e. The van der Waals surface area contributed by atoms with Crippen molar-refractivity contribution < 1.29 is 14.4 Å². The SMILES string of the molecule is CC(NC(=O)CNC(=O)[C@@H](N)C(C)C)c1ccc(NC(=O)C2CC2)cc1.Cl. The van der Waals surface area contributed by atoms with Crippen LogP contribution in [-0.4, -0.2) is 30.3 Å². The van der Waals surface area contributed by atoms with Crippen molar-refractivity contribution in [3.63, 3.8) is 0 Å². The largest absolute Gasteiger partial charge is 0.348 e. The van der Waals surface area contributed by atoms with E-state index >= 15 is 0 Å². The molecule has 0 saturated heterocycles. The minimum Gasteiger partial charge on any atom is -0.348 e. The summed E-state index contributed by atoms with van der Waals surface area (Å²) in [4.78, 5) is 35.5. The van der Waals surface area contributed by atoms with Crippen LogP contribution in [0.15, 0.2) is 24.3 Å². The Kier molecular flexibility index (Phi) is 8.72. The third-order valence-corrected chi connectivity index (χ3v) is 4.45. The second kappa shape index (κ2) is 10.3. The van der Waals surface area contributed by atoms with Gasteiger partial charge in [0.25, 0.3) is 0 Å². The summed E-state index contributed by atoms with van der Waals surface area (Å²) in [6.07, 6.45) is 1.93. The lowest BCUT2D eigenvalue weighted by Crippen LogP contribution is -2.47. The molecule has 1 aliphatic rings. The van der Waals surface area contributed by atoms with Gasteiger partial charge in [0.05, 0.1) is 18.6 Å². The lowest BCUT2D eigenvalue weighted by Gasteiger charge is -2.17. The molecular formula is C19H29ClN4O3. The molecule has 150 valence electrons. The Hall–Kier alpha value is -2.12. The van der Waals surface area contributed by atoms with Crippen molar-refractivity contribution in [3.05, 3.63) is 29.8 Å². The fraction of sp³-hybridized carbons (Fsp3) is 0.526. The van der Waals surface area contributed by atoms with Gasteiger partial charge >= 0.3 is 0 Å². The average Bonchev–Trinajstić information content (AvgIpc) is 3.44. The van der Waals surface area contributed by atoms with Crippen molar-refractivity contribution in [2.75, 3.05) is 11.9 Å². The Morgan fingerprint density at radius 3 is 2.22 bits per heavy atom. The number of hydrogen-bond donors (Lipinski definition) is 4. The summed E-state index contributed by atoms with van der Waals surface area (Å²) in [6.45, 7) is 5.45. The summed E-state index contributed by atoms with van der Waals surface area (Å²) in [5.41, 5.74) is 7.40. The highest BCUT2D eigenvalue weighted by molar-refractivity contribution is 5.94. The standard InChI is InChI=1S/C19H28N4O3.ClH/c1-11(2)17(20)19(26)21-10-16(24)22-12(3)13-6-8-15(9-7-13)23-18(25)14-4-5-14;/h6-9,11-12,14,17H,4-5,10,20H2,1-3H3,(H,21,26)(H,22,24)(H,23,25);1H/t12?,17-;/m0./s1. The molecule has 0 aromatic heterocycles. The average molecular weight is 397 g/mol. The van der Waals surface area contributed by atoms with E-state index in [4.69, 9.17) is 5.73 Å². The second-order valence-electron chi connectivity index (χ2n) is 7.16. The van der Waals surface area contributed by atoms with E-state index in [0.717, 1.165) is 24.1 Å². The molecule has 0 spiro atoms. The smallest absolute Gasteiger partial charge is 0.239 e. The van der Waals surface area contributed by atoms with Crippen LogP contribution in [0.3, 0.4) is 0 Å². The van der Waals surface area contributed by atoms with Crippen LogP contribution in [0.1, 0.15) is 45.2 Å². The molecule has 7 nitrogen and oxygen atoms in total. The van der Waals surface area contributed by atoms with Gasteiger partial charge in [-0.3, -0.25) is 14.4 Å². The summed E-state index contributed by atoms with van der Waals surface area (Å²) in [5.74, 6) is -0.385. The van der Waals surface area contributed by atoms with Crippen LogP contribution in [0.2, 0.25) is 0 Å². The topological polar surface area (TPSA) is 113 Å². The molecule has 0 aliphatic heterocycles. The normalized spacial score (nSPS) is 15.3. The predicted octanol–water partition coefficient (Wildman–Crippen LogP) is 1.73. The van der Waals surface area contributed by atoms with Crippen LogP contribution < -0.4 is 21.7 Å². The molecule has 1 aromatic rings. The zero-order chi connectivity index (χ0) is 19.3. The number of carbonyl (C=O) groups is 3. The molecule has 1 fully saturated rings. The Morgan fingerprint density at radius 1 is 1.11 bits per heavy atom. The second-order valence-corrected chi connectivity index (χ2v) is 7.16. The molecule has 1 unspecified atom stereocenters. The Labute approximate surface area is 166 Å². The van der Waals surface area contributed by atoms with Gasteiger partial charge in [-0.25, -0.2) is 0 Å². The van der Waals surface area contributed by atoms with Crippen molar-refractivity contribution in [1.82, 2.24) is 10.6 Å². The summed E-state index contributed by atoms with van der Waals surface area (Å²) in [7, 11) is 0.